The Bertz CT molecular complexity index is 1230. The van der Waals surface area contributed by atoms with Crippen LogP contribution in [0.4, 0.5) is 32.0 Å². The molecule has 3 N–H and O–H groups in total. The van der Waals surface area contributed by atoms with Gasteiger partial charge in [0.1, 0.15) is 17.2 Å². The van der Waals surface area contributed by atoms with Gasteiger partial charge in [0.2, 0.25) is 0 Å². The van der Waals surface area contributed by atoms with Gasteiger partial charge in [-0.2, -0.15) is 22.0 Å². The molecule has 0 spiro atoms. The van der Waals surface area contributed by atoms with Crippen LogP contribution in [0.1, 0.15) is 26.5 Å². The molecule has 0 saturated heterocycles. The summed E-state index contributed by atoms with van der Waals surface area (Å²) in [5, 5.41) is 12.4. The first-order valence-corrected chi connectivity index (χ1v) is 10.3. The topological polar surface area (TPSA) is 60.8 Å². The van der Waals surface area contributed by atoms with E-state index in [2.05, 4.69) is 22.2 Å². The molecule has 0 aliphatic heterocycles. The zero-order valence-corrected chi connectivity index (χ0v) is 19.2. The standard InChI is InChI=1S/C25H24F6N4/c1-5-9-16(26)12-17(6-2)34-15(3)20(13-32)23(25(29,30)31)35-21-14-33-22(24(4,27)28)19-11-8-7-10-18(19)21/h5-14,32,34-35H,3H2,1-2,4H3/b9-5+,16-12+,17-6+,23-20+,32-13?. The number of rotatable bonds is 9. The maximum atomic E-state index is 14.1. The first kappa shape index (κ1) is 27.4. The molecule has 1 aromatic heterocycles. The number of benzene rings is 1. The summed E-state index contributed by atoms with van der Waals surface area (Å²) in [6, 6.07) is 5.67. The van der Waals surface area contributed by atoms with Crippen molar-refractivity contribution in [2.75, 3.05) is 5.32 Å². The van der Waals surface area contributed by atoms with Gasteiger partial charge in [-0.3, -0.25) is 4.98 Å². The van der Waals surface area contributed by atoms with Crippen LogP contribution in [0, 0.1) is 5.41 Å². The van der Waals surface area contributed by atoms with E-state index in [1.165, 1.54) is 43.3 Å². The van der Waals surface area contributed by atoms with E-state index < -0.39 is 34.9 Å². The van der Waals surface area contributed by atoms with Crippen molar-refractivity contribution in [3.63, 3.8) is 0 Å². The van der Waals surface area contributed by atoms with E-state index in [1.54, 1.807) is 6.92 Å². The lowest BCUT2D eigenvalue weighted by atomic mass is 10.0. The van der Waals surface area contributed by atoms with Crippen LogP contribution < -0.4 is 10.6 Å². The predicted molar refractivity (Wildman–Crippen MR) is 127 cm³/mol. The second-order valence-electron chi connectivity index (χ2n) is 7.39. The van der Waals surface area contributed by atoms with Gasteiger partial charge in [0.05, 0.1) is 11.9 Å². The van der Waals surface area contributed by atoms with Crippen molar-refractivity contribution in [1.29, 1.82) is 5.41 Å². The highest BCUT2D eigenvalue weighted by Gasteiger charge is 2.38. The summed E-state index contributed by atoms with van der Waals surface area (Å²) in [6.45, 7) is 7.34. The summed E-state index contributed by atoms with van der Waals surface area (Å²) in [6.07, 6.45) is 1.39. The number of aromatic nitrogens is 1. The Kier molecular flexibility index (Phi) is 8.67. The van der Waals surface area contributed by atoms with Crippen molar-refractivity contribution >= 4 is 22.7 Å². The summed E-state index contributed by atoms with van der Waals surface area (Å²) in [7, 11) is 0. The Morgan fingerprint density at radius 1 is 1.09 bits per heavy atom. The molecule has 0 fully saturated rings. The normalized spacial score (nSPS) is 14.2. The SMILES string of the molecule is C=C(NC(/C=C(F)\C=C\C)=C/C)/C(C=N)=C(/Nc1cnc(C(C)(F)F)c2ccccc12)C(F)(F)F. The van der Waals surface area contributed by atoms with Crippen LogP contribution in [0.2, 0.25) is 0 Å². The molecule has 2 aromatic rings. The molecule has 0 amide bonds. The van der Waals surface area contributed by atoms with Gasteiger partial charge in [0.15, 0.2) is 0 Å². The first-order chi connectivity index (χ1) is 16.3. The molecule has 186 valence electrons. The number of nitrogens with zero attached hydrogens (tertiary/aromatic N) is 1. The Morgan fingerprint density at radius 2 is 1.71 bits per heavy atom. The predicted octanol–water partition coefficient (Wildman–Crippen LogP) is 7.66. The molecule has 2 rings (SSSR count). The molecule has 0 saturated carbocycles. The zero-order chi connectivity index (χ0) is 26.4. The van der Waals surface area contributed by atoms with Crippen molar-refractivity contribution in [2.24, 2.45) is 0 Å². The van der Waals surface area contributed by atoms with E-state index in [4.69, 9.17) is 5.41 Å². The fourth-order valence-electron chi connectivity index (χ4n) is 3.17. The lowest BCUT2D eigenvalue weighted by Gasteiger charge is -2.21. The fourth-order valence-corrected chi connectivity index (χ4v) is 3.17. The molecular formula is C25H24F6N4. The van der Waals surface area contributed by atoms with Gasteiger partial charge < -0.3 is 16.0 Å². The lowest BCUT2D eigenvalue weighted by Crippen LogP contribution is -2.25. The minimum absolute atomic E-state index is 0.0272. The summed E-state index contributed by atoms with van der Waals surface area (Å²) < 4.78 is 84.0. The highest BCUT2D eigenvalue weighted by atomic mass is 19.4. The number of anilines is 1. The van der Waals surface area contributed by atoms with E-state index >= 15 is 0 Å². The number of allylic oxidation sites excluding steroid dienone is 7. The molecule has 0 radical (unpaired) electrons. The molecular weight excluding hydrogens is 470 g/mol. The summed E-state index contributed by atoms with van der Waals surface area (Å²) >= 11 is 0. The quantitative estimate of drug-likeness (QED) is 0.191. The first-order valence-electron chi connectivity index (χ1n) is 10.3. The number of halogens is 6. The second kappa shape index (κ2) is 11.1. The molecule has 1 aromatic carbocycles. The molecule has 1 heterocycles. The number of hydrogen-bond donors (Lipinski definition) is 3. The molecule has 10 heteroatoms. The molecule has 0 aliphatic rings. The average Bonchev–Trinajstić information content (AvgIpc) is 2.77. The number of alkyl halides is 5. The van der Waals surface area contributed by atoms with Crippen LogP contribution in [0.15, 0.2) is 89.8 Å². The van der Waals surface area contributed by atoms with E-state index in [-0.39, 0.29) is 27.9 Å². The average molecular weight is 494 g/mol. The highest BCUT2D eigenvalue weighted by Crippen LogP contribution is 2.37. The van der Waals surface area contributed by atoms with Crippen molar-refractivity contribution in [1.82, 2.24) is 10.3 Å². The highest BCUT2D eigenvalue weighted by molar-refractivity contribution is 5.96. The maximum absolute atomic E-state index is 14.1. The van der Waals surface area contributed by atoms with Gasteiger partial charge in [-0.1, -0.05) is 43.0 Å². The van der Waals surface area contributed by atoms with Gasteiger partial charge in [-0.15, -0.1) is 0 Å². The van der Waals surface area contributed by atoms with Crippen molar-refractivity contribution in [3.8, 4) is 0 Å². The van der Waals surface area contributed by atoms with Crippen LogP contribution >= 0.6 is 0 Å². The van der Waals surface area contributed by atoms with Crippen molar-refractivity contribution < 1.29 is 26.3 Å². The zero-order valence-electron chi connectivity index (χ0n) is 19.2. The summed E-state index contributed by atoms with van der Waals surface area (Å²) in [5.41, 5.74) is -3.06. The van der Waals surface area contributed by atoms with Gasteiger partial charge in [0.25, 0.3) is 5.92 Å². The van der Waals surface area contributed by atoms with Gasteiger partial charge in [-0.05, 0) is 26.0 Å². The fraction of sp³-hybridized carbons (Fsp3) is 0.200. The minimum atomic E-state index is -4.99. The lowest BCUT2D eigenvalue weighted by molar-refractivity contribution is -0.0906. The summed E-state index contributed by atoms with van der Waals surface area (Å²) in [5.74, 6) is -3.97. The monoisotopic (exact) mass is 494 g/mol. The molecule has 0 bridgehead atoms. The third-order valence-corrected chi connectivity index (χ3v) is 4.72. The molecule has 35 heavy (non-hydrogen) atoms. The molecule has 0 aliphatic carbocycles. The van der Waals surface area contributed by atoms with Crippen LogP contribution in [0.25, 0.3) is 10.8 Å². The number of fused-ring (bicyclic) bond motifs is 1. The smallest absolute Gasteiger partial charge is 0.356 e. The van der Waals surface area contributed by atoms with Crippen molar-refractivity contribution in [2.45, 2.75) is 32.9 Å². The third kappa shape index (κ3) is 6.84. The van der Waals surface area contributed by atoms with E-state index in [1.807, 2.05) is 0 Å². The third-order valence-electron chi connectivity index (χ3n) is 4.72. The Hall–Kier alpha value is -3.82. The minimum Gasteiger partial charge on any atom is -0.356 e. The molecule has 4 nitrogen and oxygen atoms in total. The van der Waals surface area contributed by atoms with Gasteiger partial charge in [-0.25, -0.2) is 4.39 Å². The molecule has 0 atom stereocenters. The van der Waals surface area contributed by atoms with Crippen molar-refractivity contribution in [3.05, 3.63) is 95.5 Å². The summed E-state index contributed by atoms with van der Waals surface area (Å²) in [4.78, 5) is 3.69. The Labute approximate surface area is 199 Å². The van der Waals surface area contributed by atoms with E-state index in [0.717, 1.165) is 18.3 Å². The second-order valence-corrected chi connectivity index (χ2v) is 7.39. The van der Waals surface area contributed by atoms with Gasteiger partial charge >= 0.3 is 6.18 Å². The van der Waals surface area contributed by atoms with Crippen LogP contribution in [-0.4, -0.2) is 17.4 Å². The van der Waals surface area contributed by atoms with E-state index in [0.29, 0.717) is 13.1 Å². The molecule has 0 unspecified atom stereocenters. The number of nitrogens with one attached hydrogen (secondary N) is 3. The van der Waals surface area contributed by atoms with Gasteiger partial charge in [0, 0.05) is 40.9 Å². The Morgan fingerprint density at radius 3 is 2.23 bits per heavy atom. The van der Waals surface area contributed by atoms with E-state index in [9.17, 15) is 26.3 Å². The maximum Gasteiger partial charge on any atom is 0.431 e. The Balaban J connectivity index is 2.60. The number of pyridine rings is 1. The van der Waals surface area contributed by atoms with Crippen LogP contribution in [-0.2, 0) is 5.92 Å². The van der Waals surface area contributed by atoms with Crippen LogP contribution in [0.5, 0.6) is 0 Å². The number of hydrogen-bond acceptors (Lipinski definition) is 4. The van der Waals surface area contributed by atoms with Crippen LogP contribution in [0.3, 0.4) is 0 Å². The largest absolute Gasteiger partial charge is 0.431 e.